The van der Waals surface area contributed by atoms with Crippen LogP contribution < -0.4 is 15.9 Å². The molecule has 0 radical (unpaired) electrons. The van der Waals surface area contributed by atoms with E-state index >= 15 is 0 Å². The average molecular weight is 377 g/mol. The summed E-state index contributed by atoms with van der Waals surface area (Å²) in [5, 5.41) is 3.43. The maximum Gasteiger partial charge on any atom is 0.237 e. The molecule has 2 nitrogen and oxygen atoms in total. The molecule has 0 fully saturated rings. The van der Waals surface area contributed by atoms with E-state index in [0.717, 1.165) is 22.2 Å². The number of aldehydes is 1. The predicted octanol–water partition coefficient (Wildman–Crippen LogP) is 4.32. The summed E-state index contributed by atoms with van der Waals surface area (Å²) < 4.78 is 6.40. The Morgan fingerprint density at radius 1 is 0.704 bits per heavy atom. The van der Waals surface area contributed by atoms with Gasteiger partial charge in [0.05, 0.1) is 5.60 Å². The van der Waals surface area contributed by atoms with Gasteiger partial charge < -0.3 is 4.74 Å². The first-order valence-electron chi connectivity index (χ1n) is 9.17. The van der Waals surface area contributed by atoms with Crippen molar-refractivity contribution < 1.29 is 9.53 Å². The molecule has 138 valence electrons. The summed E-state index contributed by atoms with van der Waals surface area (Å²) in [5.41, 5.74) is -0.435. The van der Waals surface area contributed by atoms with Crippen molar-refractivity contribution in [3.05, 3.63) is 91.0 Å². The van der Waals surface area contributed by atoms with Gasteiger partial charge in [0.1, 0.15) is 23.2 Å². The van der Waals surface area contributed by atoms with E-state index in [9.17, 15) is 4.79 Å². The molecule has 3 rings (SSSR count). The van der Waals surface area contributed by atoms with Crippen LogP contribution in [0.2, 0.25) is 0 Å². The van der Waals surface area contributed by atoms with Gasteiger partial charge in [0.15, 0.2) is 6.29 Å². The third-order valence-corrected chi connectivity index (χ3v) is 8.79. The lowest BCUT2D eigenvalue weighted by atomic mass is 10.2. The number of rotatable bonds is 6. The standard InChI is InChI=1S/C24H26O2P/c1-24(2,3)26-23(19-25)27(20-13-7-4-8-14-20,21-15-9-5-10-16-21)22-17-11-6-12-18-22/h4-19,23H,1-3H3/q+1. The van der Waals surface area contributed by atoms with E-state index in [1.165, 1.54) is 0 Å². The number of benzene rings is 3. The summed E-state index contributed by atoms with van der Waals surface area (Å²) in [5.74, 6) is -0.565. The zero-order valence-corrected chi connectivity index (χ0v) is 17.0. The van der Waals surface area contributed by atoms with Crippen molar-refractivity contribution in [1.29, 1.82) is 0 Å². The fourth-order valence-corrected chi connectivity index (χ4v) is 7.80. The highest BCUT2D eigenvalue weighted by molar-refractivity contribution is 7.96. The van der Waals surface area contributed by atoms with Gasteiger partial charge in [-0.05, 0) is 57.2 Å². The second-order valence-electron chi connectivity index (χ2n) is 7.49. The van der Waals surface area contributed by atoms with Crippen molar-refractivity contribution in [3.8, 4) is 0 Å². The molecule has 0 aromatic heterocycles. The van der Waals surface area contributed by atoms with Crippen molar-refractivity contribution in [1.82, 2.24) is 0 Å². The van der Waals surface area contributed by atoms with Crippen molar-refractivity contribution in [3.63, 3.8) is 0 Å². The average Bonchev–Trinajstić information content (AvgIpc) is 2.69. The van der Waals surface area contributed by atoms with Gasteiger partial charge >= 0.3 is 0 Å². The molecule has 0 amide bonds. The Balaban J connectivity index is 2.37. The lowest BCUT2D eigenvalue weighted by Crippen LogP contribution is -2.43. The highest BCUT2D eigenvalue weighted by Crippen LogP contribution is 2.60. The molecule has 0 aliphatic carbocycles. The molecule has 0 aliphatic rings. The second kappa shape index (κ2) is 8.17. The molecular weight excluding hydrogens is 351 g/mol. The van der Waals surface area contributed by atoms with Gasteiger partial charge in [-0.3, -0.25) is 4.79 Å². The van der Waals surface area contributed by atoms with E-state index in [1.807, 2.05) is 75.4 Å². The van der Waals surface area contributed by atoms with Crippen LogP contribution in [0.4, 0.5) is 0 Å². The Labute approximate surface area is 162 Å². The van der Waals surface area contributed by atoms with E-state index in [-0.39, 0.29) is 0 Å². The Morgan fingerprint density at radius 2 is 1.04 bits per heavy atom. The molecule has 1 unspecified atom stereocenters. The highest BCUT2D eigenvalue weighted by Gasteiger charge is 2.54. The second-order valence-corrected chi connectivity index (χ2v) is 11.0. The molecule has 3 aromatic carbocycles. The summed E-state index contributed by atoms with van der Waals surface area (Å²) >= 11 is 0. The number of carbonyl (C=O) groups is 1. The number of hydrogen-bond donors (Lipinski definition) is 0. The molecular formula is C24H26O2P+. The first-order chi connectivity index (χ1) is 13.0. The van der Waals surface area contributed by atoms with Crippen LogP contribution in [-0.4, -0.2) is 17.7 Å². The molecule has 0 heterocycles. The van der Waals surface area contributed by atoms with Crippen LogP contribution >= 0.6 is 7.26 Å². The van der Waals surface area contributed by atoms with Crippen LogP contribution in [-0.2, 0) is 9.53 Å². The largest absolute Gasteiger partial charge is 0.331 e. The molecule has 0 bridgehead atoms. The quantitative estimate of drug-likeness (QED) is 0.472. The van der Waals surface area contributed by atoms with Gasteiger partial charge in [-0.15, -0.1) is 0 Å². The third-order valence-electron chi connectivity index (χ3n) is 4.46. The molecule has 3 aromatic rings. The lowest BCUT2D eigenvalue weighted by Gasteiger charge is -2.35. The fourth-order valence-electron chi connectivity index (χ4n) is 3.44. The van der Waals surface area contributed by atoms with Gasteiger partial charge in [0.25, 0.3) is 0 Å². The van der Waals surface area contributed by atoms with E-state index in [2.05, 4.69) is 36.4 Å². The van der Waals surface area contributed by atoms with E-state index in [0.29, 0.717) is 0 Å². The van der Waals surface area contributed by atoms with E-state index < -0.39 is 18.7 Å². The van der Waals surface area contributed by atoms with Crippen LogP contribution in [0.5, 0.6) is 0 Å². The maximum absolute atomic E-state index is 12.5. The number of ether oxygens (including phenoxy) is 1. The van der Waals surface area contributed by atoms with Crippen LogP contribution in [0.1, 0.15) is 20.8 Å². The molecule has 1 atom stereocenters. The van der Waals surface area contributed by atoms with E-state index in [1.54, 1.807) is 0 Å². The van der Waals surface area contributed by atoms with Crippen LogP contribution in [0.3, 0.4) is 0 Å². The van der Waals surface area contributed by atoms with E-state index in [4.69, 9.17) is 4.74 Å². The zero-order valence-electron chi connectivity index (χ0n) is 16.1. The lowest BCUT2D eigenvalue weighted by molar-refractivity contribution is -0.119. The third kappa shape index (κ3) is 4.03. The maximum atomic E-state index is 12.5. The van der Waals surface area contributed by atoms with Crippen LogP contribution in [0, 0.1) is 0 Å². The van der Waals surface area contributed by atoms with Gasteiger partial charge in [-0.25, -0.2) is 0 Å². The minimum atomic E-state index is -2.35. The minimum absolute atomic E-state index is 0.435. The Hall–Kier alpha value is -2.28. The van der Waals surface area contributed by atoms with Gasteiger partial charge in [-0.2, -0.15) is 0 Å². The predicted molar refractivity (Wildman–Crippen MR) is 116 cm³/mol. The molecule has 0 saturated carbocycles. The first-order valence-corrected chi connectivity index (χ1v) is 11.0. The Morgan fingerprint density at radius 3 is 1.30 bits per heavy atom. The van der Waals surface area contributed by atoms with Crippen LogP contribution in [0.15, 0.2) is 91.0 Å². The monoisotopic (exact) mass is 377 g/mol. The number of hydrogen-bond acceptors (Lipinski definition) is 2. The van der Waals surface area contributed by atoms with Gasteiger partial charge in [0.2, 0.25) is 5.85 Å². The Kier molecular flexibility index (Phi) is 5.89. The summed E-state index contributed by atoms with van der Waals surface area (Å²) in [6, 6.07) is 31.0. The van der Waals surface area contributed by atoms with Crippen molar-refractivity contribution in [2.24, 2.45) is 0 Å². The molecule has 0 aliphatic heterocycles. The summed E-state index contributed by atoms with van der Waals surface area (Å²) in [4.78, 5) is 12.5. The van der Waals surface area contributed by atoms with Crippen molar-refractivity contribution >= 4 is 29.5 Å². The molecule has 0 spiro atoms. The highest BCUT2D eigenvalue weighted by atomic mass is 31.2. The zero-order chi connectivity index (χ0) is 19.3. The Bertz CT molecular complexity index is 758. The van der Waals surface area contributed by atoms with Gasteiger partial charge in [0, 0.05) is 0 Å². The minimum Gasteiger partial charge on any atom is -0.331 e. The molecule has 0 saturated heterocycles. The number of carbonyl (C=O) groups excluding carboxylic acids is 1. The smallest absolute Gasteiger partial charge is 0.237 e. The summed E-state index contributed by atoms with van der Waals surface area (Å²) in [6.45, 7) is 6.00. The van der Waals surface area contributed by atoms with Crippen molar-refractivity contribution in [2.75, 3.05) is 0 Å². The normalized spacial score (nSPS) is 13.1. The van der Waals surface area contributed by atoms with Crippen molar-refractivity contribution in [2.45, 2.75) is 32.2 Å². The molecule has 27 heavy (non-hydrogen) atoms. The molecule has 3 heteroatoms. The van der Waals surface area contributed by atoms with Crippen LogP contribution in [0.25, 0.3) is 0 Å². The fraction of sp³-hybridized carbons (Fsp3) is 0.208. The van der Waals surface area contributed by atoms with Gasteiger partial charge in [-0.1, -0.05) is 54.6 Å². The first kappa shape index (κ1) is 19.5. The molecule has 0 N–H and O–H groups in total. The SMILES string of the molecule is CC(C)(C)OC(C=O)[P+](c1ccccc1)(c1ccccc1)c1ccccc1. The summed E-state index contributed by atoms with van der Waals surface area (Å²) in [6.07, 6.45) is 0.992. The summed E-state index contributed by atoms with van der Waals surface area (Å²) in [7, 11) is -2.35. The topological polar surface area (TPSA) is 26.3 Å².